The molecule has 0 N–H and O–H groups in total. The summed E-state index contributed by atoms with van der Waals surface area (Å²) in [5.41, 5.74) is 2.00. The van der Waals surface area contributed by atoms with Gasteiger partial charge in [0.05, 0.1) is 23.8 Å². The summed E-state index contributed by atoms with van der Waals surface area (Å²) in [5, 5.41) is 16.4. The minimum absolute atomic E-state index is 0.0307. The first kappa shape index (κ1) is 10.8. The van der Waals surface area contributed by atoms with Crippen LogP contribution in [-0.2, 0) is 19.0 Å². The van der Waals surface area contributed by atoms with E-state index >= 15 is 0 Å². The molecule has 6 nitrogen and oxygen atoms in total. The summed E-state index contributed by atoms with van der Waals surface area (Å²) < 4.78 is 1.72. The average Bonchev–Trinajstić information content (AvgIpc) is 2.76. The first-order chi connectivity index (χ1) is 7.47. The zero-order valence-corrected chi connectivity index (χ0v) is 10.0. The minimum Gasteiger partial charge on any atom is -0.250 e. The Balaban J connectivity index is 2.18. The topological polar surface area (TPSA) is 61.4 Å². The third-order valence-corrected chi connectivity index (χ3v) is 2.42. The lowest BCUT2D eigenvalue weighted by atomic mass is 9.93. The second-order valence-electron chi connectivity index (χ2n) is 4.86. The molecule has 2 aromatic heterocycles. The van der Waals surface area contributed by atoms with Crippen molar-refractivity contribution in [2.24, 2.45) is 7.05 Å². The molecule has 2 aromatic rings. The van der Waals surface area contributed by atoms with E-state index in [2.05, 4.69) is 41.3 Å². The molecule has 0 atom stereocenters. The zero-order valence-electron chi connectivity index (χ0n) is 10.0. The Morgan fingerprint density at radius 2 is 2.00 bits per heavy atom. The average molecular weight is 220 g/mol. The summed E-state index contributed by atoms with van der Waals surface area (Å²) in [7, 11) is 1.86. The van der Waals surface area contributed by atoms with Gasteiger partial charge in [-0.3, -0.25) is 4.68 Å². The minimum atomic E-state index is 0.0307. The molecular weight excluding hydrogens is 204 g/mol. The first-order valence-electron chi connectivity index (χ1n) is 5.21. The van der Waals surface area contributed by atoms with Crippen molar-refractivity contribution < 1.29 is 0 Å². The molecule has 0 radical (unpaired) electrons. The van der Waals surface area contributed by atoms with Gasteiger partial charge < -0.3 is 0 Å². The Morgan fingerprint density at radius 1 is 1.25 bits per heavy atom. The molecule has 0 aliphatic heterocycles. The van der Waals surface area contributed by atoms with Gasteiger partial charge in [0.15, 0.2) is 0 Å². The summed E-state index contributed by atoms with van der Waals surface area (Å²) >= 11 is 0. The SMILES string of the molecule is Cn1nncc1Cn1ncc(C(C)(C)C)n1. The second kappa shape index (κ2) is 3.70. The van der Waals surface area contributed by atoms with E-state index in [1.165, 1.54) is 0 Å². The number of nitrogens with zero attached hydrogens (tertiary/aromatic N) is 6. The standard InChI is InChI=1S/C10H16N6/c1-10(2,3)9-6-12-16(13-9)7-8-5-11-14-15(8)4/h5-6H,7H2,1-4H3. The molecule has 6 heteroatoms. The van der Waals surface area contributed by atoms with Gasteiger partial charge in [-0.05, 0) is 0 Å². The van der Waals surface area contributed by atoms with E-state index in [0.29, 0.717) is 6.54 Å². The molecule has 0 saturated heterocycles. The quantitative estimate of drug-likeness (QED) is 0.749. The van der Waals surface area contributed by atoms with Crippen LogP contribution in [0.4, 0.5) is 0 Å². The molecule has 0 fully saturated rings. The van der Waals surface area contributed by atoms with Gasteiger partial charge in [-0.2, -0.15) is 15.0 Å². The van der Waals surface area contributed by atoms with Crippen molar-refractivity contribution in [2.75, 3.05) is 0 Å². The van der Waals surface area contributed by atoms with Crippen LogP contribution in [0.5, 0.6) is 0 Å². The predicted molar refractivity (Wildman–Crippen MR) is 58.8 cm³/mol. The van der Waals surface area contributed by atoms with Crippen LogP contribution in [-0.4, -0.2) is 30.0 Å². The molecule has 0 amide bonds. The summed E-state index contributed by atoms with van der Waals surface area (Å²) in [5.74, 6) is 0. The van der Waals surface area contributed by atoms with Crippen LogP contribution >= 0.6 is 0 Å². The number of aryl methyl sites for hydroxylation is 1. The largest absolute Gasteiger partial charge is 0.250 e. The Kier molecular flexibility index (Phi) is 2.49. The van der Waals surface area contributed by atoms with Crippen molar-refractivity contribution in [3.8, 4) is 0 Å². The van der Waals surface area contributed by atoms with E-state index in [1.807, 2.05) is 13.2 Å². The highest BCUT2D eigenvalue weighted by atomic mass is 15.5. The Morgan fingerprint density at radius 3 is 2.50 bits per heavy atom. The van der Waals surface area contributed by atoms with Crippen LogP contribution in [0.2, 0.25) is 0 Å². The maximum Gasteiger partial charge on any atom is 0.104 e. The van der Waals surface area contributed by atoms with Crippen molar-refractivity contribution in [2.45, 2.75) is 32.7 Å². The second-order valence-corrected chi connectivity index (χ2v) is 4.86. The molecule has 0 unspecified atom stereocenters. The molecule has 86 valence electrons. The fourth-order valence-electron chi connectivity index (χ4n) is 1.32. The van der Waals surface area contributed by atoms with E-state index in [0.717, 1.165) is 11.4 Å². The molecule has 0 aliphatic rings. The van der Waals surface area contributed by atoms with Crippen molar-refractivity contribution in [1.29, 1.82) is 0 Å². The van der Waals surface area contributed by atoms with Gasteiger partial charge in [-0.1, -0.05) is 26.0 Å². The van der Waals surface area contributed by atoms with Crippen LogP contribution in [0.1, 0.15) is 32.2 Å². The highest BCUT2D eigenvalue weighted by molar-refractivity contribution is 5.06. The van der Waals surface area contributed by atoms with Crippen molar-refractivity contribution in [3.63, 3.8) is 0 Å². The van der Waals surface area contributed by atoms with Gasteiger partial charge in [0, 0.05) is 12.5 Å². The zero-order chi connectivity index (χ0) is 11.8. The van der Waals surface area contributed by atoms with Crippen LogP contribution in [0.15, 0.2) is 12.4 Å². The summed E-state index contributed by atoms with van der Waals surface area (Å²) in [6.07, 6.45) is 3.53. The molecule has 0 bridgehead atoms. The maximum absolute atomic E-state index is 4.43. The van der Waals surface area contributed by atoms with Gasteiger partial charge in [0.2, 0.25) is 0 Å². The molecule has 0 aliphatic carbocycles. The van der Waals surface area contributed by atoms with Gasteiger partial charge in [0.1, 0.15) is 6.54 Å². The number of hydrogen-bond donors (Lipinski definition) is 0. The molecule has 0 aromatic carbocycles. The number of hydrogen-bond acceptors (Lipinski definition) is 4. The van der Waals surface area contributed by atoms with E-state index in [-0.39, 0.29) is 5.41 Å². The summed E-state index contributed by atoms with van der Waals surface area (Å²) in [4.78, 5) is 1.67. The first-order valence-corrected chi connectivity index (χ1v) is 5.21. The van der Waals surface area contributed by atoms with Crippen LogP contribution in [0.25, 0.3) is 0 Å². The highest BCUT2D eigenvalue weighted by Crippen LogP contribution is 2.18. The lowest BCUT2D eigenvalue weighted by Crippen LogP contribution is -2.14. The number of aromatic nitrogens is 6. The smallest absolute Gasteiger partial charge is 0.104 e. The lowest BCUT2D eigenvalue weighted by Gasteiger charge is -2.13. The molecule has 0 saturated carbocycles. The lowest BCUT2D eigenvalue weighted by molar-refractivity contribution is 0.516. The van der Waals surface area contributed by atoms with E-state index in [1.54, 1.807) is 15.7 Å². The molecule has 2 rings (SSSR count). The fourth-order valence-corrected chi connectivity index (χ4v) is 1.32. The third kappa shape index (κ3) is 2.10. The van der Waals surface area contributed by atoms with Crippen molar-refractivity contribution >= 4 is 0 Å². The summed E-state index contributed by atoms with van der Waals surface area (Å²) in [6.45, 7) is 6.95. The highest BCUT2D eigenvalue weighted by Gasteiger charge is 2.17. The predicted octanol–water partition coefficient (Wildman–Crippen LogP) is 0.752. The number of rotatable bonds is 2. The van der Waals surface area contributed by atoms with Gasteiger partial charge >= 0.3 is 0 Å². The molecule has 16 heavy (non-hydrogen) atoms. The van der Waals surface area contributed by atoms with Gasteiger partial charge in [0.25, 0.3) is 0 Å². The van der Waals surface area contributed by atoms with Crippen molar-refractivity contribution in [3.05, 3.63) is 23.8 Å². The third-order valence-electron chi connectivity index (χ3n) is 2.42. The fraction of sp³-hybridized carbons (Fsp3) is 0.600. The van der Waals surface area contributed by atoms with Crippen LogP contribution in [0.3, 0.4) is 0 Å². The van der Waals surface area contributed by atoms with Crippen LogP contribution < -0.4 is 0 Å². The Bertz CT molecular complexity index is 475. The van der Waals surface area contributed by atoms with Crippen molar-refractivity contribution in [1.82, 2.24) is 30.0 Å². The van der Waals surface area contributed by atoms with E-state index < -0.39 is 0 Å². The summed E-state index contributed by atoms with van der Waals surface area (Å²) in [6, 6.07) is 0. The normalized spacial score (nSPS) is 12.0. The monoisotopic (exact) mass is 220 g/mol. The van der Waals surface area contributed by atoms with E-state index in [4.69, 9.17) is 0 Å². The van der Waals surface area contributed by atoms with Gasteiger partial charge in [-0.25, -0.2) is 0 Å². The molecule has 2 heterocycles. The maximum atomic E-state index is 4.43. The van der Waals surface area contributed by atoms with Gasteiger partial charge in [-0.15, -0.1) is 5.10 Å². The van der Waals surface area contributed by atoms with E-state index in [9.17, 15) is 0 Å². The molecular formula is C10H16N6. The Hall–Kier alpha value is -1.72. The molecule has 0 spiro atoms. The Labute approximate surface area is 94.3 Å². The van der Waals surface area contributed by atoms with Crippen LogP contribution in [0, 0.1) is 0 Å².